The van der Waals surface area contributed by atoms with Gasteiger partial charge in [-0.1, -0.05) is 23.7 Å². The molecule has 3 rings (SSSR count). The van der Waals surface area contributed by atoms with Crippen LogP contribution < -0.4 is 0 Å². The van der Waals surface area contributed by atoms with Gasteiger partial charge in [-0.05, 0) is 25.0 Å². The fourth-order valence-electron chi connectivity index (χ4n) is 2.71. The lowest BCUT2D eigenvalue weighted by Gasteiger charge is -2.20. The van der Waals surface area contributed by atoms with Gasteiger partial charge in [0.15, 0.2) is 0 Å². The minimum absolute atomic E-state index is 0.0248. The normalized spacial score (nSPS) is 18.4. The van der Waals surface area contributed by atoms with Gasteiger partial charge in [0.2, 0.25) is 10.0 Å². The zero-order valence-electron chi connectivity index (χ0n) is 13.5. The van der Waals surface area contributed by atoms with Crippen LogP contribution in [0.5, 0.6) is 0 Å². The molecule has 9 heteroatoms. The molecule has 0 spiro atoms. The second kappa shape index (κ2) is 7.41. The summed E-state index contributed by atoms with van der Waals surface area (Å²) in [7, 11) is -3.41. The van der Waals surface area contributed by atoms with Crippen LogP contribution in [0.25, 0.3) is 10.6 Å². The molecule has 1 aliphatic rings. The first kappa shape index (κ1) is 18.3. The van der Waals surface area contributed by atoms with Gasteiger partial charge in [-0.15, -0.1) is 11.3 Å². The molecule has 0 amide bonds. The van der Waals surface area contributed by atoms with Crippen molar-refractivity contribution in [1.82, 2.24) is 9.29 Å². The van der Waals surface area contributed by atoms with Gasteiger partial charge in [-0.3, -0.25) is 4.79 Å². The van der Waals surface area contributed by atoms with Crippen molar-refractivity contribution in [3.63, 3.8) is 0 Å². The van der Waals surface area contributed by atoms with E-state index in [1.807, 2.05) is 17.5 Å². The predicted octanol–water partition coefficient (Wildman–Crippen LogP) is 2.93. The van der Waals surface area contributed by atoms with Crippen LogP contribution in [0, 0.1) is 0 Å². The summed E-state index contributed by atoms with van der Waals surface area (Å²) in [6.45, 7) is 0.382. The Balaban J connectivity index is 1.62. The maximum atomic E-state index is 12.2. The van der Waals surface area contributed by atoms with Crippen LogP contribution in [0.15, 0.2) is 29.6 Å². The van der Waals surface area contributed by atoms with Crippen LogP contribution in [-0.4, -0.2) is 42.5 Å². The maximum Gasteiger partial charge on any atom is 0.324 e. The fraction of sp³-hybridized carbons (Fsp3) is 0.375. The first-order chi connectivity index (χ1) is 11.8. The molecule has 2 aromatic rings. The van der Waals surface area contributed by atoms with Gasteiger partial charge >= 0.3 is 5.97 Å². The molecule has 1 atom stereocenters. The van der Waals surface area contributed by atoms with E-state index in [0.717, 1.165) is 16.8 Å². The third kappa shape index (κ3) is 4.38. The molecule has 0 N–H and O–H groups in total. The van der Waals surface area contributed by atoms with Crippen molar-refractivity contribution in [2.24, 2.45) is 0 Å². The molecular formula is C16H17ClN2O4S2. The van der Waals surface area contributed by atoms with Crippen LogP contribution in [0.4, 0.5) is 0 Å². The molecular weight excluding hydrogens is 384 g/mol. The number of aromatic nitrogens is 1. The number of benzene rings is 1. The van der Waals surface area contributed by atoms with Gasteiger partial charge in [0.25, 0.3) is 0 Å². The highest BCUT2D eigenvalue weighted by molar-refractivity contribution is 7.88. The predicted molar refractivity (Wildman–Crippen MR) is 96.9 cm³/mol. The van der Waals surface area contributed by atoms with Gasteiger partial charge in [0.1, 0.15) is 17.7 Å². The number of hydrogen-bond acceptors (Lipinski definition) is 6. The summed E-state index contributed by atoms with van der Waals surface area (Å²) in [6.07, 6.45) is 2.25. The number of ether oxygens (including phenoxy) is 1. The molecule has 0 aliphatic carbocycles. The average molecular weight is 401 g/mol. The number of carbonyl (C=O) groups excluding carboxylic acids is 1. The number of esters is 1. The van der Waals surface area contributed by atoms with Crippen LogP contribution >= 0.6 is 22.9 Å². The molecule has 0 saturated carbocycles. The molecule has 0 radical (unpaired) electrons. The minimum Gasteiger partial charge on any atom is -0.458 e. The Labute approximate surface area is 155 Å². The lowest BCUT2D eigenvalue weighted by Crippen LogP contribution is -2.40. The van der Waals surface area contributed by atoms with Gasteiger partial charge < -0.3 is 4.74 Å². The van der Waals surface area contributed by atoms with E-state index in [9.17, 15) is 13.2 Å². The molecule has 1 fully saturated rings. The van der Waals surface area contributed by atoms with Crippen molar-refractivity contribution in [3.05, 3.63) is 40.4 Å². The maximum absolute atomic E-state index is 12.2. The second-order valence-electron chi connectivity index (χ2n) is 5.79. The number of rotatable bonds is 5. The Morgan fingerprint density at radius 1 is 1.40 bits per heavy atom. The van der Waals surface area contributed by atoms with Crippen molar-refractivity contribution >= 4 is 38.9 Å². The van der Waals surface area contributed by atoms with Crippen molar-refractivity contribution < 1.29 is 17.9 Å². The third-order valence-corrected chi connectivity index (χ3v) is 6.39. The standard InChI is InChI=1S/C16H17ClN2O4S2/c1-25(21,22)19-8-2-3-14(19)16(20)23-9-13-10-24-15(18-13)11-4-6-12(17)7-5-11/h4-7,10,14H,2-3,8-9H2,1H3. The van der Waals surface area contributed by atoms with Crippen molar-refractivity contribution in [3.8, 4) is 10.6 Å². The molecule has 1 unspecified atom stereocenters. The minimum atomic E-state index is -3.41. The third-order valence-electron chi connectivity index (χ3n) is 3.91. The zero-order chi connectivity index (χ0) is 18.0. The Hall–Kier alpha value is -1.48. The molecule has 1 aliphatic heterocycles. The van der Waals surface area contributed by atoms with Crippen LogP contribution in [0.3, 0.4) is 0 Å². The number of thiazole rings is 1. The first-order valence-corrected chi connectivity index (χ1v) is 10.8. The SMILES string of the molecule is CS(=O)(=O)N1CCCC1C(=O)OCc1csc(-c2ccc(Cl)cc2)n1. The molecule has 6 nitrogen and oxygen atoms in total. The monoisotopic (exact) mass is 400 g/mol. The Kier molecular flexibility index (Phi) is 5.43. The number of halogens is 1. The van der Waals surface area contributed by atoms with Crippen molar-refractivity contribution in [2.75, 3.05) is 12.8 Å². The van der Waals surface area contributed by atoms with E-state index in [2.05, 4.69) is 4.98 Å². The summed E-state index contributed by atoms with van der Waals surface area (Å²) >= 11 is 7.32. The van der Waals surface area contributed by atoms with E-state index in [0.29, 0.717) is 30.1 Å². The van der Waals surface area contributed by atoms with E-state index in [1.165, 1.54) is 15.6 Å². The summed E-state index contributed by atoms with van der Waals surface area (Å²) in [5.74, 6) is -0.524. The highest BCUT2D eigenvalue weighted by Crippen LogP contribution is 2.26. The van der Waals surface area contributed by atoms with E-state index in [-0.39, 0.29) is 6.61 Å². The summed E-state index contributed by atoms with van der Waals surface area (Å²) in [4.78, 5) is 16.7. The van der Waals surface area contributed by atoms with Gasteiger partial charge in [-0.25, -0.2) is 13.4 Å². The van der Waals surface area contributed by atoms with Gasteiger partial charge in [-0.2, -0.15) is 4.31 Å². The summed E-state index contributed by atoms with van der Waals surface area (Å²) in [6, 6.07) is 6.60. The lowest BCUT2D eigenvalue weighted by molar-refractivity contribution is -0.148. The summed E-state index contributed by atoms with van der Waals surface area (Å²) < 4.78 is 29.9. The number of nitrogens with zero attached hydrogens (tertiary/aromatic N) is 2. The van der Waals surface area contributed by atoms with Crippen LogP contribution in [0.2, 0.25) is 5.02 Å². The second-order valence-corrected chi connectivity index (χ2v) is 9.02. The molecule has 2 heterocycles. The molecule has 25 heavy (non-hydrogen) atoms. The average Bonchev–Trinajstić information content (AvgIpc) is 3.22. The Morgan fingerprint density at radius 2 is 2.12 bits per heavy atom. The van der Waals surface area contributed by atoms with E-state index in [1.54, 1.807) is 12.1 Å². The smallest absolute Gasteiger partial charge is 0.324 e. The largest absolute Gasteiger partial charge is 0.458 e. The van der Waals surface area contributed by atoms with E-state index >= 15 is 0 Å². The Morgan fingerprint density at radius 3 is 2.80 bits per heavy atom. The first-order valence-electron chi connectivity index (χ1n) is 7.68. The highest BCUT2D eigenvalue weighted by atomic mass is 35.5. The molecule has 1 aromatic carbocycles. The number of sulfonamides is 1. The quantitative estimate of drug-likeness (QED) is 0.721. The number of carbonyl (C=O) groups is 1. The zero-order valence-corrected chi connectivity index (χ0v) is 15.9. The Bertz CT molecular complexity index is 865. The van der Waals surface area contributed by atoms with Crippen LogP contribution in [0.1, 0.15) is 18.5 Å². The van der Waals surface area contributed by atoms with Gasteiger partial charge in [0, 0.05) is 22.5 Å². The fourth-order valence-corrected chi connectivity index (χ4v) is 4.76. The number of hydrogen-bond donors (Lipinski definition) is 0. The van der Waals surface area contributed by atoms with E-state index in [4.69, 9.17) is 16.3 Å². The summed E-state index contributed by atoms with van der Waals surface area (Å²) in [5.41, 5.74) is 1.57. The molecule has 1 aromatic heterocycles. The summed E-state index contributed by atoms with van der Waals surface area (Å²) in [5, 5.41) is 3.28. The van der Waals surface area contributed by atoms with Gasteiger partial charge in [0.05, 0.1) is 11.9 Å². The molecule has 1 saturated heterocycles. The van der Waals surface area contributed by atoms with Crippen molar-refractivity contribution in [2.45, 2.75) is 25.5 Å². The highest BCUT2D eigenvalue weighted by Gasteiger charge is 2.37. The van der Waals surface area contributed by atoms with E-state index < -0.39 is 22.0 Å². The molecule has 0 bridgehead atoms. The lowest BCUT2D eigenvalue weighted by atomic mass is 10.2. The van der Waals surface area contributed by atoms with Crippen LogP contribution in [-0.2, 0) is 26.2 Å². The molecule has 134 valence electrons. The van der Waals surface area contributed by atoms with Crippen molar-refractivity contribution in [1.29, 1.82) is 0 Å². The topological polar surface area (TPSA) is 76.6 Å².